The van der Waals surface area contributed by atoms with Crippen molar-refractivity contribution in [2.24, 2.45) is 5.92 Å². The van der Waals surface area contributed by atoms with Crippen LogP contribution in [0.15, 0.2) is 54.6 Å². The van der Waals surface area contributed by atoms with Crippen molar-refractivity contribution in [2.45, 2.75) is 52.6 Å². The van der Waals surface area contributed by atoms with Crippen molar-refractivity contribution in [2.75, 3.05) is 13.7 Å². The lowest BCUT2D eigenvalue weighted by Gasteiger charge is -2.28. The molecule has 7 nitrogen and oxygen atoms in total. The number of hydrogen-bond donors (Lipinski definition) is 1. The van der Waals surface area contributed by atoms with Gasteiger partial charge in [-0.2, -0.15) is 5.10 Å². The zero-order chi connectivity index (χ0) is 24.3. The lowest BCUT2D eigenvalue weighted by Crippen LogP contribution is -2.48. The van der Waals surface area contributed by atoms with Gasteiger partial charge in [0.15, 0.2) is 11.5 Å². The minimum absolute atomic E-state index is 0.0745. The molecule has 1 fully saturated rings. The van der Waals surface area contributed by atoms with E-state index in [0.29, 0.717) is 36.4 Å². The van der Waals surface area contributed by atoms with Crippen LogP contribution in [0.4, 0.5) is 4.79 Å². The van der Waals surface area contributed by atoms with Gasteiger partial charge in [0, 0.05) is 12.1 Å². The Bertz CT molecular complexity index is 1130. The van der Waals surface area contributed by atoms with Crippen LogP contribution in [0.1, 0.15) is 44.9 Å². The van der Waals surface area contributed by atoms with E-state index in [0.717, 1.165) is 29.8 Å². The smallest absolute Gasteiger partial charge is 0.318 e. The number of rotatable bonds is 8. The largest absolute Gasteiger partial charge is 0.493 e. The van der Waals surface area contributed by atoms with E-state index in [1.54, 1.807) is 11.8 Å². The van der Waals surface area contributed by atoms with Crippen LogP contribution in [-0.4, -0.2) is 39.9 Å². The quantitative estimate of drug-likeness (QED) is 0.466. The van der Waals surface area contributed by atoms with E-state index in [4.69, 9.17) is 14.6 Å². The van der Waals surface area contributed by atoms with Gasteiger partial charge in [0.25, 0.3) is 0 Å². The molecule has 0 radical (unpaired) electrons. The van der Waals surface area contributed by atoms with Crippen LogP contribution < -0.4 is 14.8 Å². The van der Waals surface area contributed by atoms with E-state index >= 15 is 0 Å². The second-order valence-corrected chi connectivity index (χ2v) is 9.87. The van der Waals surface area contributed by atoms with E-state index in [1.807, 2.05) is 87.2 Å². The molecule has 1 aromatic heterocycles. The predicted octanol–water partition coefficient (Wildman–Crippen LogP) is 5.70. The molecule has 0 unspecified atom stereocenters. The van der Waals surface area contributed by atoms with Gasteiger partial charge >= 0.3 is 6.03 Å². The second kappa shape index (κ2) is 9.79. The minimum Gasteiger partial charge on any atom is -0.493 e. The van der Waals surface area contributed by atoms with Gasteiger partial charge in [-0.3, -0.25) is 0 Å². The van der Waals surface area contributed by atoms with Gasteiger partial charge in [-0.05, 0) is 70.7 Å². The Morgan fingerprint density at radius 2 is 1.74 bits per heavy atom. The molecule has 7 heteroatoms. The first kappa shape index (κ1) is 23.7. The normalized spacial score (nSPS) is 13.4. The van der Waals surface area contributed by atoms with Crippen molar-refractivity contribution in [1.29, 1.82) is 0 Å². The molecule has 180 valence electrons. The maximum atomic E-state index is 13.2. The first-order chi connectivity index (χ1) is 16.2. The molecule has 2 aromatic carbocycles. The summed E-state index contributed by atoms with van der Waals surface area (Å²) in [6, 6.07) is 17.3. The van der Waals surface area contributed by atoms with Crippen LogP contribution in [0.2, 0.25) is 0 Å². The highest BCUT2D eigenvalue weighted by Crippen LogP contribution is 2.37. The monoisotopic (exact) mass is 462 g/mol. The highest BCUT2D eigenvalue weighted by molar-refractivity contribution is 5.75. The van der Waals surface area contributed by atoms with E-state index in [9.17, 15) is 4.79 Å². The Labute approximate surface area is 201 Å². The number of nitrogens with one attached hydrogen (secondary N) is 1. The topological polar surface area (TPSA) is 68.6 Å². The SMILES string of the molecule is COc1ccccc1Oc1c(CN(CC2CC2)C(=O)NC(C)(C)C)c(C)nn1-c1ccccc1. The van der Waals surface area contributed by atoms with E-state index in [-0.39, 0.29) is 11.6 Å². The molecule has 0 saturated heterocycles. The second-order valence-electron chi connectivity index (χ2n) is 9.87. The number of hydrogen-bond acceptors (Lipinski definition) is 4. The number of benzene rings is 2. The fraction of sp³-hybridized carbons (Fsp3) is 0.407. The molecule has 0 atom stereocenters. The summed E-state index contributed by atoms with van der Waals surface area (Å²) in [6.45, 7) is 9.06. The van der Waals surface area contributed by atoms with E-state index < -0.39 is 0 Å². The number of amides is 2. The van der Waals surface area contributed by atoms with Crippen LogP contribution in [-0.2, 0) is 6.54 Å². The van der Waals surface area contributed by atoms with Gasteiger partial charge in [0.2, 0.25) is 5.88 Å². The van der Waals surface area contributed by atoms with Gasteiger partial charge in [-0.1, -0.05) is 30.3 Å². The summed E-state index contributed by atoms with van der Waals surface area (Å²) in [7, 11) is 1.62. The van der Waals surface area contributed by atoms with Crippen molar-refractivity contribution < 1.29 is 14.3 Å². The third-order valence-electron chi connectivity index (χ3n) is 5.71. The van der Waals surface area contributed by atoms with E-state index in [2.05, 4.69) is 5.32 Å². The summed E-state index contributed by atoms with van der Waals surface area (Å²) in [5, 5.41) is 7.92. The third kappa shape index (κ3) is 5.71. The fourth-order valence-electron chi connectivity index (χ4n) is 3.80. The maximum Gasteiger partial charge on any atom is 0.318 e. The van der Waals surface area contributed by atoms with Crippen molar-refractivity contribution in [3.05, 3.63) is 65.9 Å². The summed E-state index contributed by atoms with van der Waals surface area (Å²) in [5.74, 6) is 2.36. The van der Waals surface area contributed by atoms with Crippen molar-refractivity contribution >= 4 is 6.03 Å². The molecule has 2 amide bonds. The molecule has 1 heterocycles. The van der Waals surface area contributed by atoms with Gasteiger partial charge in [-0.15, -0.1) is 0 Å². The standard InChI is InChI=1S/C27H34N4O3/c1-19-22(18-30(17-20-15-16-20)26(32)28-27(2,3)4)25(31(29-19)21-11-7-6-8-12-21)34-24-14-10-9-13-23(24)33-5/h6-14,20H,15-18H2,1-5H3,(H,28,32). The zero-order valence-electron chi connectivity index (χ0n) is 20.7. The van der Waals surface area contributed by atoms with Crippen LogP contribution >= 0.6 is 0 Å². The van der Waals surface area contributed by atoms with Crippen LogP contribution in [0.5, 0.6) is 17.4 Å². The number of methoxy groups -OCH3 is 1. The highest BCUT2D eigenvalue weighted by Gasteiger charge is 2.31. The molecule has 0 bridgehead atoms. The van der Waals surface area contributed by atoms with Gasteiger partial charge in [-0.25, -0.2) is 9.48 Å². The van der Waals surface area contributed by atoms with Crippen molar-refractivity contribution in [3.8, 4) is 23.1 Å². The zero-order valence-corrected chi connectivity index (χ0v) is 20.7. The third-order valence-corrected chi connectivity index (χ3v) is 5.71. The van der Waals surface area contributed by atoms with Gasteiger partial charge in [0.05, 0.1) is 30.6 Å². The Hall–Kier alpha value is -3.48. The molecule has 0 spiro atoms. The van der Waals surface area contributed by atoms with Gasteiger partial charge in [0.1, 0.15) is 0 Å². The van der Waals surface area contributed by atoms with Gasteiger partial charge < -0.3 is 19.7 Å². The fourth-order valence-corrected chi connectivity index (χ4v) is 3.80. The molecule has 3 aromatic rings. The van der Waals surface area contributed by atoms with Crippen molar-refractivity contribution in [3.63, 3.8) is 0 Å². The molecule has 1 saturated carbocycles. The summed E-state index contributed by atoms with van der Waals surface area (Å²) < 4.78 is 13.8. The molecule has 1 aliphatic carbocycles. The molecule has 0 aliphatic heterocycles. The average Bonchev–Trinajstić information content (AvgIpc) is 3.57. The Morgan fingerprint density at radius 3 is 2.35 bits per heavy atom. The number of carbonyl (C=O) groups is 1. The van der Waals surface area contributed by atoms with E-state index in [1.165, 1.54) is 0 Å². The predicted molar refractivity (Wildman–Crippen MR) is 133 cm³/mol. The first-order valence-corrected chi connectivity index (χ1v) is 11.8. The highest BCUT2D eigenvalue weighted by atomic mass is 16.5. The van der Waals surface area contributed by atoms with Crippen LogP contribution in [0.3, 0.4) is 0 Å². The lowest BCUT2D eigenvalue weighted by molar-refractivity contribution is 0.182. The molecule has 34 heavy (non-hydrogen) atoms. The molecule has 1 N–H and O–H groups in total. The van der Waals surface area contributed by atoms with Crippen LogP contribution in [0, 0.1) is 12.8 Å². The summed E-state index contributed by atoms with van der Waals surface area (Å²) in [5.41, 5.74) is 2.26. The molecular weight excluding hydrogens is 428 g/mol. The summed E-state index contributed by atoms with van der Waals surface area (Å²) >= 11 is 0. The summed E-state index contributed by atoms with van der Waals surface area (Å²) in [4.78, 5) is 15.1. The summed E-state index contributed by atoms with van der Waals surface area (Å²) in [6.07, 6.45) is 2.32. The number of carbonyl (C=O) groups excluding carboxylic acids is 1. The average molecular weight is 463 g/mol. The van der Waals surface area contributed by atoms with Crippen molar-refractivity contribution in [1.82, 2.24) is 20.0 Å². The molecule has 4 rings (SSSR count). The molecule has 1 aliphatic rings. The lowest BCUT2D eigenvalue weighted by atomic mass is 10.1. The number of urea groups is 1. The Balaban J connectivity index is 1.74. The number of aryl methyl sites for hydroxylation is 1. The maximum absolute atomic E-state index is 13.2. The minimum atomic E-state index is -0.321. The van der Waals surface area contributed by atoms with Crippen LogP contribution in [0.25, 0.3) is 5.69 Å². The number of ether oxygens (including phenoxy) is 2. The first-order valence-electron chi connectivity index (χ1n) is 11.8. The molecular formula is C27H34N4O3. The Kier molecular flexibility index (Phi) is 6.82. The number of aromatic nitrogens is 2. The number of para-hydroxylation sites is 3. The number of nitrogens with zero attached hydrogens (tertiary/aromatic N) is 3. The Morgan fingerprint density at radius 1 is 1.09 bits per heavy atom.